The average Bonchev–Trinajstić information content (AvgIpc) is 3.25. The van der Waals surface area contributed by atoms with Gasteiger partial charge < -0.3 is 9.64 Å². The van der Waals surface area contributed by atoms with Crippen LogP contribution in [0, 0.1) is 17.8 Å². The van der Waals surface area contributed by atoms with Crippen LogP contribution < -0.4 is 4.74 Å². The lowest BCUT2D eigenvalue weighted by Gasteiger charge is -2.37. The maximum atomic E-state index is 12.6. The summed E-state index contributed by atoms with van der Waals surface area (Å²) in [7, 11) is 1.64. The van der Waals surface area contributed by atoms with Crippen LogP contribution in [0.1, 0.15) is 23.2 Å². The van der Waals surface area contributed by atoms with Crippen LogP contribution in [0.5, 0.6) is 5.75 Å². The van der Waals surface area contributed by atoms with Gasteiger partial charge in [-0.3, -0.25) is 9.69 Å². The minimum absolute atomic E-state index is 0.139. The molecule has 1 saturated heterocycles. The molecule has 1 aromatic carbocycles. The molecule has 1 heterocycles. The Kier molecular flexibility index (Phi) is 4.31. The Hall–Kier alpha value is -1.81. The third-order valence-electron chi connectivity index (χ3n) is 5.91. The van der Waals surface area contributed by atoms with Crippen LogP contribution in [0.2, 0.25) is 0 Å². The molecule has 3 aliphatic rings. The second-order valence-corrected chi connectivity index (χ2v) is 7.36. The summed E-state index contributed by atoms with van der Waals surface area (Å²) in [5.74, 6) is 3.42. The van der Waals surface area contributed by atoms with Gasteiger partial charge in [-0.2, -0.15) is 0 Å². The summed E-state index contributed by atoms with van der Waals surface area (Å²) >= 11 is 0. The van der Waals surface area contributed by atoms with Crippen LogP contribution in [-0.2, 0) is 0 Å². The van der Waals surface area contributed by atoms with Crippen molar-refractivity contribution in [3.8, 4) is 5.75 Å². The number of hydrogen-bond donors (Lipinski definition) is 0. The summed E-state index contributed by atoms with van der Waals surface area (Å²) in [6, 6.07) is 7.42. The Morgan fingerprint density at radius 3 is 2.42 bits per heavy atom. The molecule has 1 aromatic rings. The SMILES string of the molecule is COc1ccc(C(=O)N2CCN(C[C@@H]3C[C@H]4C=C[C@H]3C4)CC2)cc1. The minimum atomic E-state index is 0.139. The quantitative estimate of drug-likeness (QED) is 0.798. The van der Waals surface area contributed by atoms with E-state index in [1.165, 1.54) is 19.4 Å². The molecule has 0 spiro atoms. The van der Waals surface area contributed by atoms with Gasteiger partial charge in [0.25, 0.3) is 5.91 Å². The molecule has 1 saturated carbocycles. The number of benzene rings is 1. The van der Waals surface area contributed by atoms with E-state index >= 15 is 0 Å². The number of nitrogens with zero attached hydrogens (tertiary/aromatic N) is 2. The average molecular weight is 326 g/mol. The smallest absolute Gasteiger partial charge is 0.253 e. The van der Waals surface area contributed by atoms with E-state index in [9.17, 15) is 4.79 Å². The van der Waals surface area contributed by atoms with Gasteiger partial charge in [0.1, 0.15) is 5.75 Å². The molecule has 1 amide bonds. The number of methoxy groups -OCH3 is 1. The van der Waals surface area contributed by atoms with Crippen LogP contribution in [0.25, 0.3) is 0 Å². The van der Waals surface area contributed by atoms with E-state index in [0.717, 1.165) is 55.2 Å². The van der Waals surface area contributed by atoms with Gasteiger partial charge in [0.05, 0.1) is 7.11 Å². The Labute approximate surface area is 144 Å². The van der Waals surface area contributed by atoms with Gasteiger partial charge in [-0.05, 0) is 54.9 Å². The van der Waals surface area contributed by atoms with Crippen molar-refractivity contribution in [3.63, 3.8) is 0 Å². The van der Waals surface area contributed by atoms with E-state index < -0.39 is 0 Å². The van der Waals surface area contributed by atoms with Crippen LogP contribution in [-0.4, -0.2) is 55.5 Å². The van der Waals surface area contributed by atoms with E-state index in [1.54, 1.807) is 7.11 Å². The number of fused-ring (bicyclic) bond motifs is 2. The second-order valence-electron chi connectivity index (χ2n) is 7.36. The summed E-state index contributed by atoms with van der Waals surface area (Å²) in [6.07, 6.45) is 7.58. The fourth-order valence-corrected chi connectivity index (χ4v) is 4.49. The number of hydrogen-bond acceptors (Lipinski definition) is 3. The highest BCUT2D eigenvalue weighted by Crippen LogP contribution is 2.43. The van der Waals surface area contributed by atoms with Crippen molar-refractivity contribution in [1.29, 1.82) is 0 Å². The molecule has 4 rings (SSSR count). The van der Waals surface area contributed by atoms with Gasteiger partial charge in [0, 0.05) is 38.3 Å². The van der Waals surface area contributed by atoms with E-state index in [1.807, 2.05) is 29.2 Å². The first-order valence-electron chi connectivity index (χ1n) is 9.07. The van der Waals surface area contributed by atoms with Crippen molar-refractivity contribution < 1.29 is 9.53 Å². The molecule has 1 aliphatic heterocycles. The molecule has 0 N–H and O–H groups in total. The number of ether oxygens (including phenoxy) is 1. The van der Waals surface area contributed by atoms with E-state index in [4.69, 9.17) is 4.74 Å². The Bertz CT molecular complexity index is 617. The first kappa shape index (κ1) is 15.7. The summed E-state index contributed by atoms with van der Waals surface area (Å²) in [5.41, 5.74) is 0.752. The molecule has 4 nitrogen and oxygen atoms in total. The summed E-state index contributed by atoms with van der Waals surface area (Å²) in [4.78, 5) is 17.1. The molecular weight excluding hydrogens is 300 g/mol. The molecular formula is C20H26N2O2. The monoisotopic (exact) mass is 326 g/mol. The van der Waals surface area contributed by atoms with Crippen molar-refractivity contribution in [1.82, 2.24) is 9.80 Å². The van der Waals surface area contributed by atoms with Crippen molar-refractivity contribution in [2.45, 2.75) is 12.8 Å². The van der Waals surface area contributed by atoms with Crippen LogP contribution in [0.15, 0.2) is 36.4 Å². The number of allylic oxidation sites excluding steroid dienone is 2. The van der Waals surface area contributed by atoms with E-state index in [2.05, 4.69) is 17.1 Å². The van der Waals surface area contributed by atoms with Crippen molar-refractivity contribution in [2.24, 2.45) is 17.8 Å². The predicted molar refractivity (Wildman–Crippen MR) is 94.2 cm³/mol. The number of rotatable bonds is 4. The zero-order valence-corrected chi connectivity index (χ0v) is 14.4. The highest BCUT2D eigenvalue weighted by atomic mass is 16.5. The third-order valence-corrected chi connectivity index (χ3v) is 5.91. The summed E-state index contributed by atoms with van der Waals surface area (Å²) in [5, 5.41) is 0. The lowest BCUT2D eigenvalue weighted by molar-refractivity contribution is 0.0610. The number of carbonyl (C=O) groups excluding carboxylic acids is 1. The maximum absolute atomic E-state index is 12.6. The van der Waals surface area contributed by atoms with E-state index in [0.29, 0.717) is 0 Å². The molecule has 0 aromatic heterocycles. The van der Waals surface area contributed by atoms with Crippen molar-refractivity contribution >= 4 is 5.91 Å². The summed E-state index contributed by atoms with van der Waals surface area (Å²) < 4.78 is 5.16. The zero-order chi connectivity index (χ0) is 16.5. The predicted octanol–water partition coefficient (Wildman–Crippen LogP) is 2.67. The molecule has 3 atom stereocenters. The molecule has 4 heteroatoms. The van der Waals surface area contributed by atoms with Crippen LogP contribution >= 0.6 is 0 Å². The minimum Gasteiger partial charge on any atom is -0.497 e. The summed E-state index contributed by atoms with van der Waals surface area (Å²) in [6.45, 7) is 4.87. The van der Waals surface area contributed by atoms with E-state index in [-0.39, 0.29) is 5.91 Å². The van der Waals surface area contributed by atoms with Gasteiger partial charge in [-0.25, -0.2) is 0 Å². The Balaban J connectivity index is 1.29. The molecule has 0 unspecified atom stereocenters. The van der Waals surface area contributed by atoms with Gasteiger partial charge in [-0.1, -0.05) is 12.2 Å². The second kappa shape index (κ2) is 6.60. The molecule has 2 bridgehead atoms. The topological polar surface area (TPSA) is 32.8 Å². The number of piperazine rings is 1. The molecule has 24 heavy (non-hydrogen) atoms. The largest absolute Gasteiger partial charge is 0.497 e. The number of carbonyl (C=O) groups is 1. The molecule has 0 radical (unpaired) electrons. The molecule has 2 fully saturated rings. The fraction of sp³-hybridized carbons (Fsp3) is 0.550. The maximum Gasteiger partial charge on any atom is 0.253 e. The zero-order valence-electron chi connectivity index (χ0n) is 14.4. The van der Waals surface area contributed by atoms with Crippen LogP contribution in [0.4, 0.5) is 0 Å². The highest BCUT2D eigenvalue weighted by molar-refractivity contribution is 5.94. The molecule has 2 aliphatic carbocycles. The lowest BCUT2D eigenvalue weighted by Crippen LogP contribution is -2.50. The van der Waals surface area contributed by atoms with Gasteiger partial charge in [0.15, 0.2) is 0 Å². The van der Waals surface area contributed by atoms with Gasteiger partial charge >= 0.3 is 0 Å². The van der Waals surface area contributed by atoms with Gasteiger partial charge in [-0.15, -0.1) is 0 Å². The lowest BCUT2D eigenvalue weighted by atomic mass is 9.93. The Morgan fingerprint density at radius 2 is 1.83 bits per heavy atom. The highest BCUT2D eigenvalue weighted by Gasteiger charge is 2.36. The number of amides is 1. The standard InChI is InChI=1S/C20H26N2O2/c1-24-19-6-4-16(5-7-19)20(23)22-10-8-21(9-11-22)14-18-13-15-2-3-17(18)12-15/h2-7,15,17-18H,8-14H2,1H3/t15-,17-,18-/m0/s1. The Morgan fingerprint density at radius 1 is 1.08 bits per heavy atom. The van der Waals surface area contributed by atoms with Crippen LogP contribution in [0.3, 0.4) is 0 Å². The first-order valence-corrected chi connectivity index (χ1v) is 9.07. The third kappa shape index (κ3) is 3.07. The van der Waals surface area contributed by atoms with Gasteiger partial charge in [0.2, 0.25) is 0 Å². The van der Waals surface area contributed by atoms with Crippen molar-refractivity contribution in [3.05, 3.63) is 42.0 Å². The molecule has 128 valence electrons. The fourth-order valence-electron chi connectivity index (χ4n) is 4.49. The van der Waals surface area contributed by atoms with Crippen molar-refractivity contribution in [2.75, 3.05) is 39.8 Å². The normalized spacial score (nSPS) is 29.2. The first-order chi connectivity index (χ1) is 11.7.